The molecule has 26 heavy (non-hydrogen) atoms. The third-order valence-electron chi connectivity index (χ3n) is 5.91. The maximum absolute atomic E-state index is 13.2. The molecular formula is C20H29N3O3. The molecule has 0 aromatic carbocycles. The smallest absolute Gasteiger partial charge is 0.228 e. The monoisotopic (exact) mass is 359 g/mol. The Labute approximate surface area is 155 Å². The molecule has 3 rings (SSSR count). The molecule has 2 atom stereocenters. The van der Waals surface area contributed by atoms with E-state index in [-0.39, 0.29) is 17.9 Å². The molecule has 1 saturated carbocycles. The lowest BCUT2D eigenvalue weighted by Crippen LogP contribution is -2.62. The molecule has 6 heteroatoms. The van der Waals surface area contributed by atoms with Crippen molar-refractivity contribution in [1.29, 1.82) is 0 Å². The molecule has 2 fully saturated rings. The summed E-state index contributed by atoms with van der Waals surface area (Å²) in [6, 6.07) is 3.95. The van der Waals surface area contributed by atoms with Gasteiger partial charge in [0.2, 0.25) is 11.8 Å². The van der Waals surface area contributed by atoms with Gasteiger partial charge in [0.15, 0.2) is 0 Å². The molecule has 1 N–H and O–H groups in total. The first-order chi connectivity index (χ1) is 12.7. The Morgan fingerprint density at radius 1 is 1.35 bits per heavy atom. The van der Waals surface area contributed by atoms with Gasteiger partial charge >= 0.3 is 0 Å². The SMILES string of the molecule is COCCN1C(=O)CC[C@@]2(C(=O)NCCc3ccncc3)CCCC[C@H]12. The van der Waals surface area contributed by atoms with E-state index in [2.05, 4.69) is 10.3 Å². The number of nitrogens with one attached hydrogen (secondary N) is 1. The minimum absolute atomic E-state index is 0.00794. The lowest BCUT2D eigenvalue weighted by atomic mass is 9.64. The Bertz CT molecular complexity index is 622. The van der Waals surface area contributed by atoms with Crippen molar-refractivity contribution in [1.82, 2.24) is 15.2 Å². The van der Waals surface area contributed by atoms with Gasteiger partial charge in [-0.05, 0) is 43.4 Å². The first kappa shape index (κ1) is 18.8. The molecule has 1 aromatic heterocycles. The van der Waals surface area contributed by atoms with E-state index in [0.717, 1.165) is 32.1 Å². The number of pyridine rings is 1. The van der Waals surface area contributed by atoms with Gasteiger partial charge < -0.3 is 15.0 Å². The normalized spacial score (nSPS) is 25.7. The maximum atomic E-state index is 13.2. The van der Waals surface area contributed by atoms with E-state index in [1.54, 1.807) is 19.5 Å². The number of amides is 2. The number of carbonyl (C=O) groups is 2. The van der Waals surface area contributed by atoms with Crippen LogP contribution in [0.1, 0.15) is 44.1 Å². The van der Waals surface area contributed by atoms with Crippen molar-refractivity contribution in [2.24, 2.45) is 5.41 Å². The van der Waals surface area contributed by atoms with Crippen molar-refractivity contribution >= 4 is 11.8 Å². The Kier molecular flexibility index (Phi) is 6.25. The molecule has 1 saturated heterocycles. The highest BCUT2D eigenvalue weighted by atomic mass is 16.5. The summed E-state index contributed by atoms with van der Waals surface area (Å²) in [6.07, 6.45) is 9.37. The molecule has 0 bridgehead atoms. The predicted molar refractivity (Wildman–Crippen MR) is 98.5 cm³/mol. The third-order valence-corrected chi connectivity index (χ3v) is 5.91. The second-order valence-corrected chi connectivity index (χ2v) is 7.36. The number of fused-ring (bicyclic) bond motifs is 1. The van der Waals surface area contributed by atoms with Gasteiger partial charge in [0, 0.05) is 45.1 Å². The molecule has 1 aliphatic heterocycles. The maximum Gasteiger partial charge on any atom is 0.228 e. The zero-order valence-electron chi connectivity index (χ0n) is 15.6. The molecular weight excluding hydrogens is 330 g/mol. The Hall–Kier alpha value is -1.95. The van der Waals surface area contributed by atoms with Crippen LogP contribution in [0.5, 0.6) is 0 Å². The number of ether oxygens (including phenoxy) is 1. The zero-order chi connectivity index (χ0) is 18.4. The lowest BCUT2D eigenvalue weighted by Gasteiger charge is -2.51. The average molecular weight is 359 g/mol. The van der Waals surface area contributed by atoms with Gasteiger partial charge in [-0.25, -0.2) is 0 Å². The van der Waals surface area contributed by atoms with Gasteiger partial charge in [-0.1, -0.05) is 12.8 Å². The van der Waals surface area contributed by atoms with Crippen molar-refractivity contribution in [2.75, 3.05) is 26.8 Å². The summed E-state index contributed by atoms with van der Waals surface area (Å²) in [5.41, 5.74) is 0.733. The zero-order valence-corrected chi connectivity index (χ0v) is 15.6. The fourth-order valence-corrected chi connectivity index (χ4v) is 4.51. The molecule has 2 heterocycles. The van der Waals surface area contributed by atoms with Gasteiger partial charge in [-0.3, -0.25) is 14.6 Å². The van der Waals surface area contributed by atoms with Crippen LogP contribution in [0.25, 0.3) is 0 Å². The minimum atomic E-state index is -0.432. The van der Waals surface area contributed by atoms with E-state index < -0.39 is 5.41 Å². The van der Waals surface area contributed by atoms with Gasteiger partial charge in [0.1, 0.15) is 0 Å². The number of rotatable bonds is 7. The number of likely N-dealkylation sites (tertiary alicyclic amines) is 1. The highest BCUT2D eigenvalue weighted by molar-refractivity contribution is 5.88. The number of nitrogens with zero attached hydrogens (tertiary/aromatic N) is 2. The molecule has 0 spiro atoms. The molecule has 2 aliphatic rings. The van der Waals surface area contributed by atoms with Crippen LogP contribution in [0.3, 0.4) is 0 Å². The summed E-state index contributed by atoms with van der Waals surface area (Å²) in [4.78, 5) is 31.6. The van der Waals surface area contributed by atoms with Crippen molar-refractivity contribution in [2.45, 2.75) is 51.0 Å². The molecule has 1 aliphatic carbocycles. The van der Waals surface area contributed by atoms with E-state index in [0.29, 0.717) is 32.5 Å². The van der Waals surface area contributed by atoms with E-state index in [1.165, 1.54) is 5.56 Å². The lowest BCUT2D eigenvalue weighted by molar-refractivity contribution is -0.156. The van der Waals surface area contributed by atoms with Gasteiger partial charge in [-0.2, -0.15) is 0 Å². The van der Waals surface area contributed by atoms with Crippen molar-refractivity contribution in [3.8, 4) is 0 Å². The number of hydrogen-bond acceptors (Lipinski definition) is 4. The standard InChI is InChI=1S/C20H29N3O3/c1-26-15-14-23-17-4-2-3-9-20(17,10-5-18(23)24)19(25)22-13-8-16-6-11-21-12-7-16/h6-7,11-12,17H,2-5,8-10,13-15H2,1H3,(H,22,25)/t17-,20-/m0/s1. The first-order valence-corrected chi connectivity index (χ1v) is 9.63. The molecule has 6 nitrogen and oxygen atoms in total. The number of carbonyl (C=O) groups excluding carboxylic acids is 2. The van der Waals surface area contributed by atoms with Crippen LogP contribution >= 0.6 is 0 Å². The van der Waals surface area contributed by atoms with E-state index in [9.17, 15) is 9.59 Å². The minimum Gasteiger partial charge on any atom is -0.383 e. The Morgan fingerprint density at radius 3 is 2.92 bits per heavy atom. The summed E-state index contributed by atoms with van der Waals surface area (Å²) < 4.78 is 5.18. The quantitative estimate of drug-likeness (QED) is 0.808. The predicted octanol–water partition coefficient (Wildman–Crippen LogP) is 1.94. The Balaban J connectivity index is 1.67. The van der Waals surface area contributed by atoms with Gasteiger partial charge in [0.25, 0.3) is 0 Å². The van der Waals surface area contributed by atoms with Crippen molar-refractivity contribution in [3.63, 3.8) is 0 Å². The number of piperidine rings is 1. The summed E-state index contributed by atoms with van der Waals surface area (Å²) >= 11 is 0. The van der Waals surface area contributed by atoms with Crippen LogP contribution in [-0.4, -0.2) is 54.5 Å². The van der Waals surface area contributed by atoms with Crippen LogP contribution < -0.4 is 5.32 Å². The van der Waals surface area contributed by atoms with Crippen LogP contribution in [0.4, 0.5) is 0 Å². The first-order valence-electron chi connectivity index (χ1n) is 9.63. The fraction of sp³-hybridized carbons (Fsp3) is 0.650. The summed E-state index contributed by atoms with van der Waals surface area (Å²) in [5.74, 6) is 0.278. The number of hydrogen-bond donors (Lipinski definition) is 1. The van der Waals surface area contributed by atoms with Crippen molar-refractivity contribution in [3.05, 3.63) is 30.1 Å². The van der Waals surface area contributed by atoms with Gasteiger partial charge in [-0.15, -0.1) is 0 Å². The summed E-state index contributed by atoms with van der Waals surface area (Å²) in [5, 5.41) is 3.15. The van der Waals surface area contributed by atoms with Gasteiger partial charge in [0.05, 0.1) is 12.0 Å². The molecule has 0 radical (unpaired) electrons. The fourth-order valence-electron chi connectivity index (χ4n) is 4.51. The van der Waals surface area contributed by atoms with E-state index in [4.69, 9.17) is 4.74 Å². The van der Waals surface area contributed by atoms with Crippen molar-refractivity contribution < 1.29 is 14.3 Å². The second kappa shape index (κ2) is 8.62. The number of aromatic nitrogens is 1. The van der Waals surface area contributed by atoms with Crippen LogP contribution in [0.15, 0.2) is 24.5 Å². The Morgan fingerprint density at radius 2 is 2.15 bits per heavy atom. The molecule has 1 aromatic rings. The van der Waals surface area contributed by atoms with Crippen LogP contribution in [-0.2, 0) is 20.7 Å². The molecule has 2 amide bonds. The highest BCUT2D eigenvalue weighted by Crippen LogP contribution is 2.46. The molecule has 142 valence electrons. The number of methoxy groups -OCH3 is 1. The largest absolute Gasteiger partial charge is 0.383 e. The van der Waals surface area contributed by atoms with Crippen LogP contribution in [0, 0.1) is 5.41 Å². The second-order valence-electron chi connectivity index (χ2n) is 7.36. The topological polar surface area (TPSA) is 71.5 Å². The molecule has 0 unspecified atom stereocenters. The van der Waals surface area contributed by atoms with E-state index in [1.807, 2.05) is 17.0 Å². The average Bonchev–Trinajstić information content (AvgIpc) is 2.68. The summed E-state index contributed by atoms with van der Waals surface area (Å²) in [6.45, 7) is 1.71. The summed E-state index contributed by atoms with van der Waals surface area (Å²) in [7, 11) is 1.65. The highest BCUT2D eigenvalue weighted by Gasteiger charge is 2.52. The van der Waals surface area contributed by atoms with E-state index >= 15 is 0 Å². The third kappa shape index (κ3) is 3.90. The van der Waals surface area contributed by atoms with Crippen LogP contribution in [0.2, 0.25) is 0 Å².